The molecule has 0 aliphatic carbocycles. The highest BCUT2D eigenvalue weighted by Crippen LogP contribution is 2.30. The van der Waals surface area contributed by atoms with Crippen molar-refractivity contribution in [1.82, 2.24) is 10.2 Å². The highest BCUT2D eigenvalue weighted by molar-refractivity contribution is 14.1. The third-order valence-electron chi connectivity index (χ3n) is 3.57. The van der Waals surface area contributed by atoms with Crippen molar-refractivity contribution in [1.29, 1.82) is 0 Å². The number of halogens is 1. The van der Waals surface area contributed by atoms with Crippen molar-refractivity contribution in [2.45, 2.75) is 31.3 Å². The number of hydrogen-bond donors (Lipinski definition) is 1. The largest absolute Gasteiger partial charge is 0.443 e. The van der Waals surface area contributed by atoms with Crippen LogP contribution in [-0.2, 0) is 14.8 Å². The van der Waals surface area contributed by atoms with Gasteiger partial charge in [-0.3, -0.25) is 5.10 Å². The lowest BCUT2D eigenvalue weighted by Crippen LogP contribution is -2.41. The Balaban J connectivity index is 2.17. The Kier molecular flexibility index (Phi) is 5.17. The average molecular weight is 499 g/mol. The zero-order valence-corrected chi connectivity index (χ0v) is 17.9. The molecule has 27 heavy (non-hydrogen) atoms. The van der Waals surface area contributed by atoms with Crippen molar-refractivity contribution >= 4 is 55.3 Å². The third-order valence-corrected chi connectivity index (χ3v) is 6.10. The number of hydrogen-bond acceptors (Lipinski definition) is 5. The van der Waals surface area contributed by atoms with Crippen molar-refractivity contribution in [3.8, 4) is 0 Å². The van der Waals surface area contributed by atoms with E-state index in [1.807, 2.05) is 0 Å². The Morgan fingerprint density at radius 3 is 2.44 bits per heavy atom. The number of fused-ring (bicyclic) bond motifs is 1. The minimum atomic E-state index is -4.16. The van der Waals surface area contributed by atoms with Gasteiger partial charge in [-0.05, 0) is 73.7 Å². The molecule has 0 saturated carbocycles. The van der Waals surface area contributed by atoms with Crippen LogP contribution in [0.2, 0.25) is 0 Å². The summed E-state index contributed by atoms with van der Waals surface area (Å²) in [4.78, 5) is 12.8. The van der Waals surface area contributed by atoms with E-state index >= 15 is 0 Å². The van der Waals surface area contributed by atoms with Crippen LogP contribution in [0.1, 0.15) is 20.8 Å². The molecule has 0 spiro atoms. The predicted octanol–water partition coefficient (Wildman–Crippen LogP) is 4.30. The second kappa shape index (κ2) is 7.12. The standard InChI is InChI=1S/C18H18IN3O4S/c1-18(2,3)26-17(23)22(27(24,25)13-7-5-4-6-8-13)12-9-10-15-14(11-12)16(19)21-20-15/h4-11H,1-3H3,(H,20,21). The van der Waals surface area contributed by atoms with Crippen LogP contribution in [0.15, 0.2) is 53.4 Å². The zero-order valence-electron chi connectivity index (χ0n) is 14.9. The van der Waals surface area contributed by atoms with Gasteiger partial charge in [-0.25, -0.2) is 13.2 Å². The molecule has 1 aromatic heterocycles. The number of ether oxygens (including phenoxy) is 1. The molecule has 0 fully saturated rings. The van der Waals surface area contributed by atoms with E-state index in [4.69, 9.17) is 4.74 Å². The molecule has 0 aliphatic rings. The van der Waals surface area contributed by atoms with Gasteiger partial charge in [0, 0.05) is 5.39 Å². The molecular weight excluding hydrogens is 481 g/mol. The topological polar surface area (TPSA) is 92.4 Å². The lowest BCUT2D eigenvalue weighted by molar-refractivity contribution is 0.0609. The first-order valence-corrected chi connectivity index (χ1v) is 10.6. The molecule has 0 radical (unpaired) electrons. The minimum absolute atomic E-state index is 0.00199. The second-order valence-electron chi connectivity index (χ2n) is 6.80. The number of benzene rings is 2. The number of rotatable bonds is 3. The van der Waals surface area contributed by atoms with Crippen LogP contribution in [0.25, 0.3) is 10.9 Å². The Morgan fingerprint density at radius 2 is 1.81 bits per heavy atom. The SMILES string of the molecule is CC(C)(C)OC(=O)N(c1ccc2n[nH]c(I)c2c1)S(=O)(=O)c1ccccc1. The number of aromatic nitrogens is 2. The van der Waals surface area contributed by atoms with E-state index in [2.05, 4.69) is 32.8 Å². The summed E-state index contributed by atoms with van der Waals surface area (Å²) in [5.74, 6) is 0. The Morgan fingerprint density at radius 1 is 1.15 bits per heavy atom. The van der Waals surface area contributed by atoms with Crippen molar-refractivity contribution in [3.63, 3.8) is 0 Å². The summed E-state index contributed by atoms with van der Waals surface area (Å²) >= 11 is 2.06. The molecule has 3 aromatic rings. The molecule has 2 aromatic carbocycles. The normalized spacial score (nSPS) is 12.1. The van der Waals surface area contributed by atoms with Gasteiger partial charge in [0.15, 0.2) is 0 Å². The molecule has 9 heteroatoms. The van der Waals surface area contributed by atoms with E-state index in [0.717, 1.165) is 3.70 Å². The van der Waals surface area contributed by atoms with Gasteiger partial charge in [0.05, 0.1) is 16.1 Å². The van der Waals surface area contributed by atoms with Gasteiger partial charge in [0.1, 0.15) is 9.30 Å². The maximum atomic E-state index is 13.2. The molecule has 0 bridgehead atoms. The lowest BCUT2D eigenvalue weighted by Gasteiger charge is -2.27. The number of sulfonamides is 1. The van der Waals surface area contributed by atoms with E-state index in [0.29, 0.717) is 15.2 Å². The van der Waals surface area contributed by atoms with Crippen molar-refractivity contribution in [3.05, 3.63) is 52.2 Å². The fourth-order valence-corrected chi connectivity index (χ4v) is 4.33. The average Bonchev–Trinajstić information content (AvgIpc) is 2.95. The molecular formula is C18H18IN3O4S. The van der Waals surface area contributed by atoms with Crippen molar-refractivity contribution < 1.29 is 17.9 Å². The lowest BCUT2D eigenvalue weighted by atomic mass is 10.2. The zero-order chi connectivity index (χ0) is 19.8. The van der Waals surface area contributed by atoms with E-state index in [-0.39, 0.29) is 10.6 Å². The first-order valence-electron chi connectivity index (χ1n) is 8.06. The fraction of sp³-hybridized carbons (Fsp3) is 0.222. The second-order valence-corrected chi connectivity index (χ2v) is 9.67. The molecule has 0 saturated heterocycles. The van der Waals surface area contributed by atoms with Crippen LogP contribution in [0.4, 0.5) is 10.5 Å². The molecule has 1 heterocycles. The van der Waals surface area contributed by atoms with Gasteiger partial charge < -0.3 is 4.74 Å². The maximum Gasteiger partial charge on any atom is 0.429 e. The molecule has 142 valence electrons. The first kappa shape index (κ1) is 19.6. The van der Waals surface area contributed by atoms with Crippen LogP contribution in [0.5, 0.6) is 0 Å². The fourth-order valence-electron chi connectivity index (χ4n) is 2.44. The van der Waals surface area contributed by atoms with E-state index in [1.54, 1.807) is 51.1 Å². The summed E-state index contributed by atoms with van der Waals surface area (Å²) in [5, 5.41) is 7.67. The Hall–Kier alpha value is -2.14. The van der Waals surface area contributed by atoms with Gasteiger partial charge in [-0.2, -0.15) is 9.40 Å². The van der Waals surface area contributed by atoms with Gasteiger partial charge in [0.2, 0.25) is 0 Å². The minimum Gasteiger partial charge on any atom is -0.443 e. The third kappa shape index (κ3) is 4.08. The van der Waals surface area contributed by atoms with Crippen molar-refractivity contribution in [2.24, 2.45) is 0 Å². The monoisotopic (exact) mass is 499 g/mol. The Labute approximate surface area is 170 Å². The molecule has 0 atom stereocenters. The van der Waals surface area contributed by atoms with Crippen LogP contribution >= 0.6 is 22.6 Å². The van der Waals surface area contributed by atoms with Crippen LogP contribution < -0.4 is 4.31 Å². The highest BCUT2D eigenvalue weighted by atomic mass is 127. The number of nitrogens with one attached hydrogen (secondary N) is 1. The summed E-state index contributed by atoms with van der Waals surface area (Å²) in [5.41, 5.74) is -0.000263. The van der Waals surface area contributed by atoms with E-state index in [9.17, 15) is 13.2 Å². The van der Waals surface area contributed by atoms with Gasteiger partial charge in [-0.15, -0.1) is 0 Å². The summed E-state index contributed by atoms with van der Waals surface area (Å²) in [6.07, 6.45) is -0.968. The number of amides is 1. The molecule has 1 N–H and O–H groups in total. The number of carbonyl (C=O) groups is 1. The number of aromatic amines is 1. The molecule has 1 amide bonds. The number of nitrogens with zero attached hydrogens (tertiary/aromatic N) is 2. The molecule has 7 nitrogen and oxygen atoms in total. The molecule has 0 unspecified atom stereocenters. The number of H-pyrrole nitrogens is 1. The van der Waals surface area contributed by atoms with E-state index in [1.165, 1.54) is 18.2 Å². The first-order chi connectivity index (χ1) is 12.6. The van der Waals surface area contributed by atoms with E-state index < -0.39 is 21.7 Å². The highest BCUT2D eigenvalue weighted by Gasteiger charge is 2.34. The van der Waals surface area contributed by atoms with Gasteiger partial charge >= 0.3 is 6.09 Å². The van der Waals surface area contributed by atoms with Gasteiger partial charge in [0.25, 0.3) is 10.0 Å². The van der Waals surface area contributed by atoms with Crippen molar-refractivity contribution in [2.75, 3.05) is 4.31 Å². The quantitative estimate of drug-likeness (QED) is 0.543. The number of anilines is 1. The smallest absolute Gasteiger partial charge is 0.429 e. The molecule has 3 rings (SSSR count). The summed E-state index contributed by atoms with van der Waals surface area (Å²) in [7, 11) is -4.16. The summed E-state index contributed by atoms with van der Waals surface area (Å²) in [6.45, 7) is 5.04. The van der Waals surface area contributed by atoms with Crippen LogP contribution in [-0.4, -0.2) is 30.3 Å². The Bertz CT molecular complexity index is 1090. The predicted molar refractivity (Wildman–Crippen MR) is 111 cm³/mol. The summed E-state index contributed by atoms with van der Waals surface area (Å²) < 4.78 is 33.2. The maximum absolute atomic E-state index is 13.2. The van der Waals surface area contributed by atoms with Crippen LogP contribution in [0, 0.1) is 3.70 Å². The summed E-state index contributed by atoms with van der Waals surface area (Å²) in [6, 6.07) is 12.6. The number of carbonyl (C=O) groups excluding carboxylic acids is 1. The van der Waals surface area contributed by atoms with Crippen LogP contribution in [0.3, 0.4) is 0 Å². The van der Waals surface area contributed by atoms with Gasteiger partial charge in [-0.1, -0.05) is 18.2 Å². The molecule has 0 aliphatic heterocycles.